The zero-order valence-electron chi connectivity index (χ0n) is 16.4. The lowest BCUT2D eigenvalue weighted by Crippen LogP contribution is -2.20. The van der Waals surface area contributed by atoms with Crippen LogP contribution in [0.4, 0.5) is 11.5 Å². The Bertz CT molecular complexity index is 1190. The van der Waals surface area contributed by atoms with E-state index in [1.54, 1.807) is 6.26 Å². The smallest absolute Gasteiger partial charge is 0.169 e. The van der Waals surface area contributed by atoms with E-state index >= 15 is 0 Å². The van der Waals surface area contributed by atoms with Gasteiger partial charge in [-0.2, -0.15) is 0 Å². The Morgan fingerprint density at radius 2 is 1.83 bits per heavy atom. The summed E-state index contributed by atoms with van der Waals surface area (Å²) in [4.78, 5) is 13.2. The molecule has 0 spiro atoms. The van der Waals surface area contributed by atoms with E-state index in [9.17, 15) is 4.79 Å². The molecule has 5 rings (SSSR count). The summed E-state index contributed by atoms with van der Waals surface area (Å²) >= 11 is 6.07. The van der Waals surface area contributed by atoms with Crippen molar-refractivity contribution in [3.05, 3.63) is 94.5 Å². The van der Waals surface area contributed by atoms with E-state index < -0.39 is 0 Å². The van der Waals surface area contributed by atoms with Crippen LogP contribution in [0, 0.1) is 6.92 Å². The summed E-state index contributed by atoms with van der Waals surface area (Å²) in [5, 5.41) is 8.78. The number of nitrogens with one attached hydrogen (secondary N) is 1. The highest BCUT2D eigenvalue weighted by atomic mass is 35.5. The van der Waals surface area contributed by atoms with Gasteiger partial charge in [0.25, 0.3) is 0 Å². The molecule has 0 amide bonds. The molecule has 30 heavy (non-hydrogen) atoms. The lowest BCUT2D eigenvalue weighted by Gasteiger charge is -2.21. The van der Waals surface area contributed by atoms with Crippen molar-refractivity contribution in [1.29, 1.82) is 0 Å². The summed E-state index contributed by atoms with van der Waals surface area (Å²) in [5.74, 6) is 1.46. The third-order valence-electron chi connectivity index (χ3n) is 5.46. The quantitative estimate of drug-likeness (QED) is 0.437. The van der Waals surface area contributed by atoms with Gasteiger partial charge in [0.1, 0.15) is 5.76 Å². The predicted octanol–water partition coefficient (Wildman–Crippen LogP) is 6.08. The number of benzene rings is 2. The standard InChI is InChI=1S/C24H20ClN3O2/c1-15-4-8-18(9-5-15)26-24-23-20(28(27-24)19-10-6-17(25)7-11-19)13-16(14-21(23)29)22-3-2-12-30-22/h2-12,16H,13-14H2,1H3,(H,26,27). The Morgan fingerprint density at radius 1 is 1.07 bits per heavy atom. The second kappa shape index (κ2) is 7.50. The van der Waals surface area contributed by atoms with E-state index in [2.05, 4.69) is 5.32 Å². The van der Waals surface area contributed by atoms with E-state index in [0.717, 1.165) is 22.8 Å². The van der Waals surface area contributed by atoms with Crippen LogP contribution in [0.5, 0.6) is 0 Å². The number of hydrogen-bond donors (Lipinski definition) is 1. The summed E-state index contributed by atoms with van der Waals surface area (Å²) in [7, 11) is 0. The number of Topliss-reactive ketones (excluding diaryl/α,β-unsaturated/α-hetero) is 1. The van der Waals surface area contributed by atoms with E-state index in [0.29, 0.717) is 29.2 Å². The monoisotopic (exact) mass is 417 g/mol. The van der Waals surface area contributed by atoms with Crippen molar-refractivity contribution >= 4 is 28.9 Å². The van der Waals surface area contributed by atoms with Crippen LogP contribution in [0.15, 0.2) is 71.3 Å². The van der Waals surface area contributed by atoms with E-state index in [-0.39, 0.29) is 11.7 Å². The van der Waals surface area contributed by atoms with Crippen molar-refractivity contribution in [3.8, 4) is 5.69 Å². The molecule has 5 nitrogen and oxygen atoms in total. The van der Waals surface area contributed by atoms with Gasteiger partial charge in [0, 0.05) is 29.5 Å². The summed E-state index contributed by atoms with van der Waals surface area (Å²) < 4.78 is 7.44. The Kier molecular flexibility index (Phi) is 4.68. The Labute approximate surface area is 179 Å². The van der Waals surface area contributed by atoms with E-state index in [1.165, 1.54) is 5.56 Å². The molecule has 1 aliphatic carbocycles. The molecule has 2 aromatic carbocycles. The average Bonchev–Trinajstić information content (AvgIpc) is 3.39. The normalized spacial score (nSPS) is 15.8. The van der Waals surface area contributed by atoms with Gasteiger partial charge in [0.2, 0.25) is 0 Å². The molecule has 2 aromatic heterocycles. The van der Waals surface area contributed by atoms with Gasteiger partial charge in [-0.25, -0.2) is 4.68 Å². The molecule has 1 atom stereocenters. The molecule has 2 heterocycles. The second-order valence-electron chi connectivity index (χ2n) is 7.59. The first-order chi connectivity index (χ1) is 14.6. The zero-order chi connectivity index (χ0) is 20.7. The SMILES string of the molecule is Cc1ccc(Nc2nn(-c3ccc(Cl)cc3)c3c2C(=O)CC(c2ccco2)C3)cc1. The van der Waals surface area contributed by atoms with Gasteiger partial charge in [-0.05, 0) is 55.5 Å². The molecule has 6 heteroatoms. The fraction of sp³-hybridized carbons (Fsp3) is 0.167. The van der Waals surface area contributed by atoms with Gasteiger partial charge in [0.05, 0.1) is 23.2 Å². The van der Waals surface area contributed by atoms with Crippen LogP contribution in [0.25, 0.3) is 5.69 Å². The summed E-state index contributed by atoms with van der Waals surface area (Å²) in [6.45, 7) is 2.04. The fourth-order valence-corrected chi connectivity index (χ4v) is 4.07. The Morgan fingerprint density at radius 3 is 2.53 bits per heavy atom. The van der Waals surface area contributed by atoms with Gasteiger partial charge in [-0.1, -0.05) is 29.3 Å². The number of fused-ring (bicyclic) bond motifs is 1. The number of anilines is 2. The van der Waals surface area contributed by atoms with Gasteiger partial charge in [0.15, 0.2) is 11.6 Å². The number of halogens is 1. The van der Waals surface area contributed by atoms with Crippen molar-refractivity contribution in [2.75, 3.05) is 5.32 Å². The number of rotatable bonds is 4. The predicted molar refractivity (Wildman–Crippen MR) is 117 cm³/mol. The van der Waals surface area contributed by atoms with Gasteiger partial charge < -0.3 is 9.73 Å². The van der Waals surface area contributed by atoms with Crippen LogP contribution in [0.1, 0.15) is 39.7 Å². The lowest BCUT2D eigenvalue weighted by atomic mass is 9.85. The number of ketones is 1. The van der Waals surface area contributed by atoms with Crippen molar-refractivity contribution < 1.29 is 9.21 Å². The third-order valence-corrected chi connectivity index (χ3v) is 5.71. The highest BCUT2D eigenvalue weighted by Gasteiger charge is 2.34. The molecular formula is C24H20ClN3O2. The van der Waals surface area contributed by atoms with Gasteiger partial charge in [-0.15, -0.1) is 5.10 Å². The summed E-state index contributed by atoms with van der Waals surface area (Å²) in [6, 6.07) is 19.3. The minimum absolute atomic E-state index is 0.00465. The van der Waals surface area contributed by atoms with Crippen LogP contribution < -0.4 is 5.32 Å². The molecule has 150 valence electrons. The molecule has 1 N–H and O–H groups in total. The molecule has 0 saturated heterocycles. The number of hydrogen-bond acceptors (Lipinski definition) is 4. The molecule has 4 aromatic rings. The zero-order valence-corrected chi connectivity index (χ0v) is 17.2. The second-order valence-corrected chi connectivity index (χ2v) is 8.03. The van der Waals surface area contributed by atoms with Crippen LogP contribution in [-0.4, -0.2) is 15.6 Å². The van der Waals surface area contributed by atoms with Crippen molar-refractivity contribution in [2.45, 2.75) is 25.7 Å². The first-order valence-electron chi connectivity index (χ1n) is 9.86. The van der Waals surface area contributed by atoms with Crippen LogP contribution in [0.2, 0.25) is 5.02 Å². The minimum atomic E-state index is -0.00465. The molecule has 0 saturated carbocycles. The van der Waals surface area contributed by atoms with Crippen molar-refractivity contribution in [1.82, 2.24) is 9.78 Å². The topological polar surface area (TPSA) is 60.1 Å². The first-order valence-corrected chi connectivity index (χ1v) is 10.2. The number of furan rings is 1. The largest absolute Gasteiger partial charge is 0.469 e. The van der Waals surface area contributed by atoms with Crippen LogP contribution in [-0.2, 0) is 6.42 Å². The van der Waals surface area contributed by atoms with Gasteiger partial charge in [-0.3, -0.25) is 4.79 Å². The van der Waals surface area contributed by atoms with E-state index in [4.69, 9.17) is 21.1 Å². The molecule has 0 aliphatic heterocycles. The Hall–Kier alpha value is -3.31. The van der Waals surface area contributed by atoms with Crippen molar-refractivity contribution in [3.63, 3.8) is 0 Å². The molecule has 1 unspecified atom stereocenters. The number of aromatic nitrogens is 2. The minimum Gasteiger partial charge on any atom is -0.469 e. The number of carbonyl (C=O) groups excluding carboxylic acids is 1. The van der Waals surface area contributed by atoms with Crippen LogP contribution >= 0.6 is 11.6 Å². The Balaban J connectivity index is 1.61. The summed E-state index contributed by atoms with van der Waals surface area (Å²) in [5.41, 5.74) is 4.45. The first kappa shape index (κ1) is 18.7. The highest BCUT2D eigenvalue weighted by Crippen LogP contribution is 2.38. The molecule has 0 radical (unpaired) electrons. The number of nitrogens with zero attached hydrogens (tertiary/aromatic N) is 2. The van der Waals surface area contributed by atoms with Gasteiger partial charge >= 0.3 is 0 Å². The maximum absolute atomic E-state index is 13.2. The number of aryl methyl sites for hydroxylation is 1. The molecule has 1 aliphatic rings. The average molecular weight is 418 g/mol. The number of carbonyl (C=O) groups is 1. The highest BCUT2D eigenvalue weighted by molar-refractivity contribution is 6.30. The molecular weight excluding hydrogens is 398 g/mol. The molecule has 0 bridgehead atoms. The van der Waals surface area contributed by atoms with Crippen LogP contribution in [0.3, 0.4) is 0 Å². The van der Waals surface area contributed by atoms with E-state index in [1.807, 2.05) is 72.3 Å². The molecule has 0 fully saturated rings. The maximum atomic E-state index is 13.2. The lowest BCUT2D eigenvalue weighted by molar-refractivity contribution is 0.0960. The maximum Gasteiger partial charge on any atom is 0.169 e. The summed E-state index contributed by atoms with van der Waals surface area (Å²) in [6.07, 6.45) is 2.71. The fourth-order valence-electron chi connectivity index (χ4n) is 3.95. The van der Waals surface area contributed by atoms with Crippen molar-refractivity contribution in [2.24, 2.45) is 0 Å². The third kappa shape index (κ3) is 3.42.